The van der Waals surface area contributed by atoms with Crippen LogP contribution in [-0.4, -0.2) is 24.1 Å². The molecule has 1 fully saturated rings. The van der Waals surface area contributed by atoms with Gasteiger partial charge >= 0.3 is 0 Å². The fourth-order valence-corrected chi connectivity index (χ4v) is 2.18. The maximum atomic E-state index is 13.7. The summed E-state index contributed by atoms with van der Waals surface area (Å²) in [5.74, 6) is -0.562. The maximum Gasteiger partial charge on any atom is 0.295 e. The molecule has 2 N–H and O–H groups in total. The van der Waals surface area contributed by atoms with Gasteiger partial charge in [-0.3, -0.25) is 10.1 Å². The van der Waals surface area contributed by atoms with Crippen LogP contribution in [0.3, 0.4) is 0 Å². The molecule has 0 unspecified atom stereocenters. The standard InChI is InChI=1S/C11H14FN3O2/c12-9-4-1-5-10(15(16)17)11(9)14-6-2-3-8(13)7-14/h1,4-5,8H,2-3,6-7,13H2/t8-/m1/s1. The number of para-hydroxylation sites is 1. The van der Waals surface area contributed by atoms with Crippen molar-refractivity contribution in [3.05, 3.63) is 34.1 Å². The Morgan fingerprint density at radius 3 is 2.94 bits per heavy atom. The molecule has 1 heterocycles. The van der Waals surface area contributed by atoms with Crippen LogP contribution in [0, 0.1) is 15.9 Å². The van der Waals surface area contributed by atoms with E-state index < -0.39 is 10.7 Å². The number of nitro groups is 1. The van der Waals surface area contributed by atoms with Crippen LogP contribution in [0.1, 0.15) is 12.8 Å². The van der Waals surface area contributed by atoms with Crippen molar-refractivity contribution >= 4 is 11.4 Å². The molecule has 17 heavy (non-hydrogen) atoms. The zero-order valence-electron chi connectivity index (χ0n) is 9.30. The zero-order chi connectivity index (χ0) is 12.4. The van der Waals surface area contributed by atoms with E-state index >= 15 is 0 Å². The molecule has 1 saturated heterocycles. The van der Waals surface area contributed by atoms with Crippen LogP contribution in [-0.2, 0) is 0 Å². The van der Waals surface area contributed by atoms with Gasteiger partial charge in [-0.25, -0.2) is 4.39 Å². The minimum atomic E-state index is -0.562. The van der Waals surface area contributed by atoms with E-state index in [9.17, 15) is 14.5 Å². The van der Waals surface area contributed by atoms with E-state index in [2.05, 4.69) is 0 Å². The van der Waals surface area contributed by atoms with E-state index in [1.54, 1.807) is 4.90 Å². The largest absolute Gasteiger partial charge is 0.362 e. The lowest BCUT2D eigenvalue weighted by molar-refractivity contribution is -0.384. The van der Waals surface area contributed by atoms with Crippen molar-refractivity contribution < 1.29 is 9.31 Å². The Morgan fingerprint density at radius 2 is 2.29 bits per heavy atom. The number of rotatable bonds is 2. The molecule has 2 rings (SSSR count). The Labute approximate surface area is 98.2 Å². The molecule has 5 nitrogen and oxygen atoms in total. The third-order valence-electron chi connectivity index (χ3n) is 2.94. The molecule has 0 saturated carbocycles. The molecule has 92 valence electrons. The molecule has 6 heteroatoms. The molecule has 0 radical (unpaired) electrons. The summed E-state index contributed by atoms with van der Waals surface area (Å²) >= 11 is 0. The van der Waals surface area contributed by atoms with E-state index in [1.165, 1.54) is 18.2 Å². The SMILES string of the molecule is N[C@@H]1CCCN(c2c(F)cccc2[N+](=O)[O-])C1. The minimum absolute atomic E-state index is 0.0528. The van der Waals surface area contributed by atoms with Crippen molar-refractivity contribution in [2.45, 2.75) is 18.9 Å². The van der Waals surface area contributed by atoms with Gasteiger partial charge in [-0.05, 0) is 18.9 Å². The first-order chi connectivity index (χ1) is 8.09. The van der Waals surface area contributed by atoms with Gasteiger partial charge in [0, 0.05) is 25.2 Å². The van der Waals surface area contributed by atoms with E-state index in [4.69, 9.17) is 5.73 Å². The average Bonchev–Trinajstić information content (AvgIpc) is 2.28. The fraction of sp³-hybridized carbons (Fsp3) is 0.455. The second-order valence-corrected chi connectivity index (χ2v) is 4.21. The molecule has 0 spiro atoms. The Bertz CT molecular complexity index is 439. The van der Waals surface area contributed by atoms with Gasteiger partial charge < -0.3 is 10.6 Å². The molecule has 1 aromatic carbocycles. The summed E-state index contributed by atoms with van der Waals surface area (Å²) in [5, 5.41) is 10.9. The third kappa shape index (κ3) is 2.36. The van der Waals surface area contributed by atoms with E-state index in [1.807, 2.05) is 0 Å². The van der Waals surface area contributed by atoms with Crippen LogP contribution in [0.25, 0.3) is 0 Å². The summed E-state index contributed by atoms with van der Waals surface area (Å²) in [6.07, 6.45) is 1.70. The summed E-state index contributed by atoms with van der Waals surface area (Å²) in [4.78, 5) is 12.0. The van der Waals surface area contributed by atoms with E-state index in [0.717, 1.165) is 12.8 Å². The highest BCUT2D eigenvalue weighted by Crippen LogP contribution is 2.32. The minimum Gasteiger partial charge on any atom is -0.362 e. The van der Waals surface area contributed by atoms with Crippen molar-refractivity contribution in [2.75, 3.05) is 18.0 Å². The quantitative estimate of drug-likeness (QED) is 0.629. The molecule has 0 bridgehead atoms. The Kier molecular flexibility index (Phi) is 3.23. The number of piperidine rings is 1. The Morgan fingerprint density at radius 1 is 1.53 bits per heavy atom. The number of benzene rings is 1. The van der Waals surface area contributed by atoms with Crippen LogP contribution in [0.5, 0.6) is 0 Å². The van der Waals surface area contributed by atoms with Crippen molar-refractivity contribution in [1.82, 2.24) is 0 Å². The van der Waals surface area contributed by atoms with Gasteiger partial charge in [0.2, 0.25) is 0 Å². The summed E-state index contributed by atoms with van der Waals surface area (Å²) in [6.45, 7) is 1.07. The first-order valence-corrected chi connectivity index (χ1v) is 5.53. The van der Waals surface area contributed by atoms with Gasteiger partial charge in [-0.1, -0.05) is 6.07 Å². The fourth-order valence-electron chi connectivity index (χ4n) is 2.18. The van der Waals surface area contributed by atoms with Crippen LogP contribution in [0.4, 0.5) is 15.8 Å². The number of nitro benzene ring substituents is 1. The number of hydrogen-bond acceptors (Lipinski definition) is 4. The summed E-state index contributed by atoms with van der Waals surface area (Å²) in [7, 11) is 0. The summed E-state index contributed by atoms with van der Waals surface area (Å²) < 4.78 is 13.7. The number of halogens is 1. The zero-order valence-corrected chi connectivity index (χ0v) is 9.30. The lowest BCUT2D eigenvalue weighted by atomic mass is 10.1. The average molecular weight is 239 g/mol. The summed E-state index contributed by atoms with van der Waals surface area (Å²) in [5.41, 5.74) is 5.67. The Hall–Kier alpha value is -1.69. The highest BCUT2D eigenvalue weighted by atomic mass is 19.1. The molecule has 1 aliphatic rings. The normalized spacial score (nSPS) is 20.4. The molecular formula is C11H14FN3O2. The lowest BCUT2D eigenvalue weighted by Crippen LogP contribution is -2.43. The van der Waals surface area contributed by atoms with Gasteiger partial charge in [0.1, 0.15) is 0 Å². The molecule has 1 aromatic rings. The van der Waals surface area contributed by atoms with Gasteiger partial charge in [-0.2, -0.15) is 0 Å². The lowest BCUT2D eigenvalue weighted by Gasteiger charge is -2.32. The molecule has 1 aliphatic heterocycles. The molecule has 0 amide bonds. The second-order valence-electron chi connectivity index (χ2n) is 4.21. The number of nitrogens with zero attached hydrogens (tertiary/aromatic N) is 2. The maximum absolute atomic E-state index is 13.7. The summed E-state index contributed by atoms with van der Waals surface area (Å²) in [6, 6.07) is 3.85. The topological polar surface area (TPSA) is 72.4 Å². The van der Waals surface area contributed by atoms with Crippen LogP contribution in [0.2, 0.25) is 0 Å². The molecule has 0 aliphatic carbocycles. The van der Waals surface area contributed by atoms with Crippen LogP contribution in [0.15, 0.2) is 18.2 Å². The molecule has 0 aromatic heterocycles. The van der Waals surface area contributed by atoms with Crippen LogP contribution < -0.4 is 10.6 Å². The Balaban J connectivity index is 2.39. The highest BCUT2D eigenvalue weighted by molar-refractivity contribution is 5.64. The van der Waals surface area contributed by atoms with Crippen molar-refractivity contribution in [3.8, 4) is 0 Å². The predicted molar refractivity (Wildman–Crippen MR) is 62.5 cm³/mol. The first kappa shape index (κ1) is 11.8. The van der Waals surface area contributed by atoms with Gasteiger partial charge in [0.15, 0.2) is 11.5 Å². The number of nitrogens with two attached hydrogens (primary N) is 1. The third-order valence-corrected chi connectivity index (χ3v) is 2.94. The first-order valence-electron chi connectivity index (χ1n) is 5.53. The molecule has 1 atom stereocenters. The monoisotopic (exact) mass is 239 g/mol. The van der Waals surface area contributed by atoms with Gasteiger partial charge in [0.25, 0.3) is 5.69 Å². The van der Waals surface area contributed by atoms with Crippen molar-refractivity contribution in [3.63, 3.8) is 0 Å². The highest BCUT2D eigenvalue weighted by Gasteiger charge is 2.26. The van der Waals surface area contributed by atoms with Crippen LogP contribution >= 0.6 is 0 Å². The van der Waals surface area contributed by atoms with E-state index in [-0.39, 0.29) is 17.4 Å². The predicted octanol–water partition coefficient (Wildman–Crippen LogP) is 1.66. The van der Waals surface area contributed by atoms with Gasteiger partial charge in [0.05, 0.1) is 4.92 Å². The van der Waals surface area contributed by atoms with Gasteiger partial charge in [-0.15, -0.1) is 0 Å². The number of anilines is 1. The number of hydrogen-bond donors (Lipinski definition) is 1. The molecular weight excluding hydrogens is 225 g/mol. The smallest absolute Gasteiger partial charge is 0.295 e. The second kappa shape index (κ2) is 4.67. The van der Waals surface area contributed by atoms with E-state index in [0.29, 0.717) is 13.1 Å². The van der Waals surface area contributed by atoms with Crippen molar-refractivity contribution in [2.24, 2.45) is 5.73 Å². The van der Waals surface area contributed by atoms with Crippen molar-refractivity contribution in [1.29, 1.82) is 0 Å².